The van der Waals surface area contributed by atoms with Crippen LogP contribution in [0.1, 0.15) is 12.8 Å². The summed E-state index contributed by atoms with van der Waals surface area (Å²) in [4.78, 5) is 10.0. The molecule has 0 atom stereocenters. The second-order valence-electron chi connectivity index (χ2n) is 1.87. The molecule has 3 heteroatoms. The van der Waals surface area contributed by atoms with E-state index in [0.29, 0.717) is 6.10 Å². The van der Waals surface area contributed by atoms with Crippen LogP contribution >= 0.6 is 11.6 Å². The fourth-order valence-electron chi connectivity index (χ4n) is 0.418. The van der Waals surface area contributed by atoms with Gasteiger partial charge in [0.25, 0.3) is 0 Å². The summed E-state index contributed by atoms with van der Waals surface area (Å²) in [7, 11) is 0. The van der Waals surface area contributed by atoms with E-state index < -0.39 is 5.24 Å². The molecule has 1 saturated carbocycles. The van der Waals surface area contributed by atoms with E-state index in [2.05, 4.69) is 0 Å². The van der Waals surface area contributed by atoms with Crippen LogP contribution in [-0.4, -0.2) is 18.0 Å². The highest BCUT2D eigenvalue weighted by atomic mass is 35.5. The van der Waals surface area contributed by atoms with Crippen LogP contribution in [0.3, 0.4) is 0 Å². The van der Waals surface area contributed by atoms with Gasteiger partial charge in [-0.25, -0.2) is 0 Å². The van der Waals surface area contributed by atoms with Crippen molar-refractivity contribution in [1.29, 1.82) is 0 Å². The van der Waals surface area contributed by atoms with Crippen LogP contribution in [0.25, 0.3) is 0 Å². The largest absolute Gasteiger partial charge is 0.369 e. The van der Waals surface area contributed by atoms with Gasteiger partial charge in [-0.1, -0.05) is 0 Å². The van der Waals surface area contributed by atoms with E-state index in [9.17, 15) is 4.79 Å². The van der Waals surface area contributed by atoms with E-state index in [1.807, 2.05) is 0 Å². The number of rotatable bonds is 3. The van der Waals surface area contributed by atoms with Crippen molar-refractivity contribution in [2.75, 3.05) is 6.61 Å². The Labute approximate surface area is 52.8 Å². The van der Waals surface area contributed by atoms with E-state index in [1.54, 1.807) is 0 Å². The quantitative estimate of drug-likeness (QED) is 0.537. The SMILES string of the molecule is O=C(Cl)COC1CC1. The molecule has 0 heterocycles. The number of hydrogen-bond acceptors (Lipinski definition) is 2. The number of ether oxygens (including phenoxy) is 1. The lowest BCUT2D eigenvalue weighted by Gasteiger charge is -1.92. The summed E-state index contributed by atoms with van der Waals surface area (Å²) < 4.78 is 4.93. The first-order chi connectivity index (χ1) is 3.79. The monoisotopic (exact) mass is 134 g/mol. The van der Waals surface area contributed by atoms with Gasteiger partial charge < -0.3 is 4.74 Å². The highest BCUT2D eigenvalue weighted by Gasteiger charge is 2.22. The summed E-state index contributed by atoms with van der Waals surface area (Å²) in [5, 5.41) is -0.406. The first-order valence-corrected chi connectivity index (χ1v) is 2.97. The van der Waals surface area contributed by atoms with E-state index in [0.717, 1.165) is 12.8 Å². The molecule has 8 heavy (non-hydrogen) atoms. The van der Waals surface area contributed by atoms with Gasteiger partial charge in [0.15, 0.2) is 0 Å². The first-order valence-electron chi connectivity index (χ1n) is 2.59. The van der Waals surface area contributed by atoms with Crippen molar-refractivity contribution in [2.45, 2.75) is 18.9 Å². The fourth-order valence-corrected chi connectivity index (χ4v) is 0.481. The van der Waals surface area contributed by atoms with Crippen molar-refractivity contribution in [3.63, 3.8) is 0 Å². The summed E-state index contributed by atoms with van der Waals surface area (Å²) >= 11 is 4.99. The van der Waals surface area contributed by atoms with Gasteiger partial charge >= 0.3 is 0 Å². The molecule has 0 bridgehead atoms. The van der Waals surface area contributed by atoms with Crippen molar-refractivity contribution in [1.82, 2.24) is 0 Å². The van der Waals surface area contributed by atoms with Gasteiger partial charge in [0, 0.05) is 0 Å². The molecule has 1 fully saturated rings. The van der Waals surface area contributed by atoms with Crippen LogP contribution in [-0.2, 0) is 9.53 Å². The number of carbonyl (C=O) groups is 1. The average Bonchev–Trinajstić information content (AvgIpc) is 2.41. The third kappa shape index (κ3) is 2.28. The van der Waals surface area contributed by atoms with Crippen molar-refractivity contribution in [3.05, 3.63) is 0 Å². The van der Waals surface area contributed by atoms with Crippen molar-refractivity contribution < 1.29 is 9.53 Å². The lowest BCUT2D eigenvalue weighted by molar-refractivity contribution is -0.116. The Morgan fingerprint density at radius 3 is 2.75 bits per heavy atom. The van der Waals surface area contributed by atoms with Crippen LogP contribution < -0.4 is 0 Å². The van der Waals surface area contributed by atoms with Gasteiger partial charge in [-0.05, 0) is 24.4 Å². The molecule has 1 aliphatic rings. The second kappa shape index (κ2) is 2.46. The van der Waals surface area contributed by atoms with Crippen LogP contribution in [0.2, 0.25) is 0 Å². The van der Waals surface area contributed by atoms with Crippen LogP contribution in [0, 0.1) is 0 Å². The van der Waals surface area contributed by atoms with Gasteiger partial charge in [0.1, 0.15) is 6.61 Å². The molecular formula is C5H7ClO2. The maximum Gasteiger partial charge on any atom is 0.247 e. The molecule has 0 aromatic heterocycles. The van der Waals surface area contributed by atoms with E-state index in [4.69, 9.17) is 16.3 Å². The maximum atomic E-state index is 10.0. The topological polar surface area (TPSA) is 26.3 Å². The highest BCUT2D eigenvalue weighted by Crippen LogP contribution is 2.23. The molecule has 0 saturated heterocycles. The molecule has 0 aliphatic heterocycles. The molecule has 2 nitrogen and oxygen atoms in total. The van der Waals surface area contributed by atoms with Crippen molar-refractivity contribution in [3.8, 4) is 0 Å². The molecule has 0 unspecified atom stereocenters. The van der Waals surface area contributed by atoms with Crippen LogP contribution in [0.5, 0.6) is 0 Å². The molecule has 1 aliphatic carbocycles. The maximum absolute atomic E-state index is 10.0. The van der Waals surface area contributed by atoms with Crippen LogP contribution in [0.4, 0.5) is 0 Å². The number of hydrogen-bond donors (Lipinski definition) is 0. The lowest BCUT2D eigenvalue weighted by Crippen LogP contribution is -2.02. The third-order valence-electron chi connectivity index (χ3n) is 0.957. The first kappa shape index (κ1) is 6.05. The van der Waals surface area contributed by atoms with Crippen molar-refractivity contribution >= 4 is 16.8 Å². The standard InChI is InChI=1S/C5H7ClO2/c6-5(7)3-8-4-1-2-4/h4H,1-3H2. The van der Waals surface area contributed by atoms with E-state index >= 15 is 0 Å². The summed E-state index contributed by atoms with van der Waals surface area (Å²) in [6.45, 7) is 0.0756. The van der Waals surface area contributed by atoms with Gasteiger partial charge in [-0.3, -0.25) is 4.79 Å². The minimum Gasteiger partial charge on any atom is -0.369 e. The molecule has 1 rings (SSSR count). The Kier molecular flexibility index (Phi) is 1.86. The Bertz CT molecular complexity index is 98.6. The van der Waals surface area contributed by atoms with E-state index in [-0.39, 0.29) is 6.61 Å². The van der Waals surface area contributed by atoms with Gasteiger partial charge in [-0.15, -0.1) is 0 Å². The zero-order valence-electron chi connectivity index (χ0n) is 4.39. The predicted octanol–water partition coefficient (Wildman–Crippen LogP) is 0.931. The number of carbonyl (C=O) groups excluding carboxylic acids is 1. The number of halogens is 1. The molecule has 0 aromatic rings. The van der Waals surface area contributed by atoms with E-state index in [1.165, 1.54) is 0 Å². The summed E-state index contributed by atoms with van der Waals surface area (Å²) in [6.07, 6.45) is 2.51. The predicted molar refractivity (Wildman–Crippen MR) is 29.8 cm³/mol. The minimum atomic E-state index is -0.406. The van der Waals surface area contributed by atoms with Gasteiger partial charge in [0.2, 0.25) is 5.24 Å². The summed E-state index contributed by atoms with van der Waals surface area (Å²) in [6, 6.07) is 0. The molecular weight excluding hydrogens is 128 g/mol. The zero-order chi connectivity index (χ0) is 5.98. The third-order valence-corrected chi connectivity index (χ3v) is 1.07. The minimum absolute atomic E-state index is 0.0756. The van der Waals surface area contributed by atoms with Crippen LogP contribution in [0.15, 0.2) is 0 Å². The smallest absolute Gasteiger partial charge is 0.247 e. The molecule has 46 valence electrons. The fraction of sp³-hybridized carbons (Fsp3) is 0.800. The zero-order valence-corrected chi connectivity index (χ0v) is 5.15. The summed E-state index contributed by atoms with van der Waals surface area (Å²) in [5.74, 6) is 0. The van der Waals surface area contributed by atoms with Gasteiger partial charge in [-0.2, -0.15) is 0 Å². The molecule has 0 aromatic carbocycles. The molecule has 0 radical (unpaired) electrons. The Balaban J connectivity index is 1.95. The second-order valence-corrected chi connectivity index (χ2v) is 2.29. The van der Waals surface area contributed by atoms with Gasteiger partial charge in [0.05, 0.1) is 6.10 Å². The summed E-state index contributed by atoms with van der Waals surface area (Å²) in [5.41, 5.74) is 0. The average molecular weight is 135 g/mol. The molecule has 0 spiro atoms. The Morgan fingerprint density at radius 1 is 1.75 bits per heavy atom. The highest BCUT2D eigenvalue weighted by molar-refractivity contribution is 6.63. The Hall–Kier alpha value is -0.0800. The molecule has 0 N–H and O–H groups in total. The molecule has 0 amide bonds. The Morgan fingerprint density at radius 2 is 2.38 bits per heavy atom. The normalized spacial score (nSPS) is 18.6. The van der Waals surface area contributed by atoms with Crippen molar-refractivity contribution in [2.24, 2.45) is 0 Å². The lowest BCUT2D eigenvalue weighted by atomic mass is 10.7.